The molecule has 0 bridgehead atoms. The van der Waals surface area contributed by atoms with Crippen LogP contribution >= 0.6 is 0 Å². The quantitative estimate of drug-likeness (QED) is 0.776. The van der Waals surface area contributed by atoms with Crippen LogP contribution < -0.4 is 10.5 Å². The Morgan fingerprint density at radius 2 is 1.95 bits per heavy atom. The molecular formula is C15H26N2O2. The molecule has 19 heavy (non-hydrogen) atoms. The summed E-state index contributed by atoms with van der Waals surface area (Å²) >= 11 is 0. The van der Waals surface area contributed by atoms with Crippen LogP contribution in [-0.4, -0.2) is 49.9 Å². The van der Waals surface area contributed by atoms with Crippen molar-refractivity contribution in [1.82, 2.24) is 4.90 Å². The van der Waals surface area contributed by atoms with Crippen molar-refractivity contribution in [1.29, 1.82) is 0 Å². The highest BCUT2D eigenvalue weighted by atomic mass is 16.5. The number of aryl methyl sites for hydroxylation is 2. The predicted molar refractivity (Wildman–Crippen MR) is 78.7 cm³/mol. The monoisotopic (exact) mass is 266 g/mol. The van der Waals surface area contributed by atoms with E-state index in [-0.39, 0.29) is 12.6 Å². The summed E-state index contributed by atoms with van der Waals surface area (Å²) in [4.78, 5) is 2.13. The van der Waals surface area contributed by atoms with Gasteiger partial charge < -0.3 is 20.5 Å². The molecule has 0 spiro atoms. The number of aliphatic hydroxyl groups excluding tert-OH is 1. The van der Waals surface area contributed by atoms with Crippen LogP contribution in [0.25, 0.3) is 0 Å². The maximum absolute atomic E-state index is 8.95. The average Bonchev–Trinajstić information content (AvgIpc) is 2.39. The fourth-order valence-corrected chi connectivity index (χ4v) is 2.10. The molecule has 0 heterocycles. The number of hydrogen-bond acceptors (Lipinski definition) is 4. The van der Waals surface area contributed by atoms with E-state index in [0.717, 1.165) is 18.7 Å². The number of nitrogens with two attached hydrogens (primary N) is 1. The number of rotatable bonds is 7. The Morgan fingerprint density at radius 3 is 2.53 bits per heavy atom. The van der Waals surface area contributed by atoms with Crippen LogP contribution in [0.4, 0.5) is 0 Å². The summed E-state index contributed by atoms with van der Waals surface area (Å²) in [5, 5.41) is 8.95. The van der Waals surface area contributed by atoms with E-state index in [2.05, 4.69) is 30.9 Å². The topological polar surface area (TPSA) is 58.7 Å². The van der Waals surface area contributed by atoms with E-state index in [1.54, 1.807) is 7.11 Å². The summed E-state index contributed by atoms with van der Waals surface area (Å²) in [7, 11) is 3.72. The van der Waals surface area contributed by atoms with Crippen molar-refractivity contribution in [2.45, 2.75) is 26.3 Å². The van der Waals surface area contributed by atoms with E-state index in [0.29, 0.717) is 6.54 Å². The van der Waals surface area contributed by atoms with Crippen LogP contribution in [0.3, 0.4) is 0 Å². The summed E-state index contributed by atoms with van der Waals surface area (Å²) < 4.78 is 5.43. The van der Waals surface area contributed by atoms with Crippen molar-refractivity contribution >= 4 is 0 Å². The van der Waals surface area contributed by atoms with Crippen LogP contribution in [0, 0.1) is 13.8 Å². The van der Waals surface area contributed by atoms with E-state index in [4.69, 9.17) is 15.6 Å². The van der Waals surface area contributed by atoms with Crippen molar-refractivity contribution in [2.75, 3.05) is 33.9 Å². The number of likely N-dealkylation sites (N-methyl/N-ethyl adjacent to an activating group) is 1. The van der Waals surface area contributed by atoms with Gasteiger partial charge in [0.05, 0.1) is 13.7 Å². The summed E-state index contributed by atoms with van der Waals surface area (Å²) in [6.07, 6.45) is 0.916. The Hall–Kier alpha value is -1.10. The fourth-order valence-electron chi connectivity index (χ4n) is 2.10. The Balaban J connectivity index is 2.64. The van der Waals surface area contributed by atoms with Gasteiger partial charge in [-0.05, 0) is 50.1 Å². The van der Waals surface area contributed by atoms with Crippen LogP contribution in [0.2, 0.25) is 0 Å². The predicted octanol–water partition coefficient (Wildman–Crippen LogP) is 1.11. The lowest BCUT2D eigenvalue weighted by Crippen LogP contribution is -2.38. The number of benzene rings is 1. The van der Waals surface area contributed by atoms with E-state index in [1.165, 1.54) is 16.7 Å². The zero-order valence-corrected chi connectivity index (χ0v) is 12.4. The molecular weight excluding hydrogens is 240 g/mol. The van der Waals surface area contributed by atoms with Crippen LogP contribution in [0.15, 0.2) is 12.1 Å². The lowest BCUT2D eigenvalue weighted by atomic mass is 10.0. The first kappa shape index (κ1) is 16.0. The molecule has 1 rings (SSSR count). The van der Waals surface area contributed by atoms with E-state index < -0.39 is 0 Å². The maximum Gasteiger partial charge on any atom is 0.122 e. The first-order valence-corrected chi connectivity index (χ1v) is 6.67. The second kappa shape index (κ2) is 7.48. The molecule has 0 fully saturated rings. The highest BCUT2D eigenvalue weighted by Crippen LogP contribution is 2.23. The standard InChI is InChI=1S/C15H26N2O2/c1-11-7-13(15(19-4)8-12(11)2)5-6-17(3)9-14(16)10-18/h7-8,14,18H,5-6,9-10,16H2,1-4H3. The number of aliphatic hydroxyl groups is 1. The summed E-state index contributed by atoms with van der Waals surface area (Å²) in [5.74, 6) is 0.947. The van der Waals surface area contributed by atoms with E-state index in [9.17, 15) is 0 Å². The molecule has 3 N–H and O–H groups in total. The minimum atomic E-state index is -0.174. The lowest BCUT2D eigenvalue weighted by molar-refractivity contribution is 0.222. The first-order chi connectivity index (χ1) is 8.97. The van der Waals surface area contributed by atoms with Gasteiger partial charge in [-0.25, -0.2) is 0 Å². The molecule has 1 unspecified atom stereocenters. The average molecular weight is 266 g/mol. The number of methoxy groups -OCH3 is 1. The van der Waals surface area contributed by atoms with Gasteiger partial charge >= 0.3 is 0 Å². The highest BCUT2D eigenvalue weighted by Gasteiger charge is 2.09. The van der Waals surface area contributed by atoms with Gasteiger partial charge in [0.1, 0.15) is 5.75 Å². The summed E-state index contributed by atoms with van der Waals surface area (Å²) in [6.45, 7) is 5.82. The van der Waals surface area contributed by atoms with Crippen molar-refractivity contribution in [3.05, 3.63) is 28.8 Å². The Morgan fingerprint density at radius 1 is 1.32 bits per heavy atom. The van der Waals surface area contributed by atoms with Gasteiger partial charge in [0.25, 0.3) is 0 Å². The minimum absolute atomic E-state index is 0.0251. The van der Waals surface area contributed by atoms with Gasteiger partial charge in [0, 0.05) is 19.1 Å². The largest absolute Gasteiger partial charge is 0.496 e. The second-order valence-electron chi connectivity index (χ2n) is 5.20. The van der Waals surface area contributed by atoms with Gasteiger partial charge in [-0.15, -0.1) is 0 Å². The molecule has 0 amide bonds. The smallest absolute Gasteiger partial charge is 0.122 e. The van der Waals surface area contributed by atoms with Crippen molar-refractivity contribution in [3.63, 3.8) is 0 Å². The number of hydrogen-bond donors (Lipinski definition) is 2. The third-order valence-electron chi connectivity index (χ3n) is 3.44. The van der Waals surface area contributed by atoms with Crippen molar-refractivity contribution < 1.29 is 9.84 Å². The van der Waals surface area contributed by atoms with Gasteiger partial charge in [-0.3, -0.25) is 0 Å². The maximum atomic E-state index is 8.95. The normalized spacial score (nSPS) is 12.8. The molecule has 0 radical (unpaired) electrons. The molecule has 1 aromatic rings. The van der Waals surface area contributed by atoms with Crippen LogP contribution in [0.5, 0.6) is 5.75 Å². The van der Waals surface area contributed by atoms with Crippen molar-refractivity contribution in [3.8, 4) is 5.75 Å². The zero-order valence-electron chi connectivity index (χ0n) is 12.4. The molecule has 0 saturated carbocycles. The van der Waals surface area contributed by atoms with Crippen LogP contribution in [0.1, 0.15) is 16.7 Å². The van der Waals surface area contributed by atoms with Crippen molar-refractivity contribution in [2.24, 2.45) is 5.73 Å². The van der Waals surface area contributed by atoms with E-state index >= 15 is 0 Å². The zero-order chi connectivity index (χ0) is 14.4. The molecule has 0 aliphatic rings. The summed E-state index contributed by atoms with van der Waals surface area (Å²) in [6, 6.07) is 4.10. The fraction of sp³-hybridized carbons (Fsp3) is 0.600. The molecule has 0 saturated heterocycles. The molecule has 0 aliphatic heterocycles. The summed E-state index contributed by atoms with van der Waals surface area (Å²) in [5.41, 5.74) is 9.47. The molecule has 4 heteroatoms. The lowest BCUT2D eigenvalue weighted by Gasteiger charge is -2.20. The van der Waals surface area contributed by atoms with Gasteiger partial charge in [-0.2, -0.15) is 0 Å². The third-order valence-corrected chi connectivity index (χ3v) is 3.44. The number of nitrogens with zero attached hydrogens (tertiary/aromatic N) is 1. The highest BCUT2D eigenvalue weighted by molar-refractivity contribution is 5.41. The van der Waals surface area contributed by atoms with Gasteiger partial charge in [-0.1, -0.05) is 6.07 Å². The first-order valence-electron chi connectivity index (χ1n) is 6.67. The molecule has 1 atom stereocenters. The number of ether oxygens (including phenoxy) is 1. The molecule has 1 aromatic carbocycles. The molecule has 4 nitrogen and oxygen atoms in total. The second-order valence-corrected chi connectivity index (χ2v) is 5.20. The Labute approximate surface area is 116 Å². The van der Waals surface area contributed by atoms with Gasteiger partial charge in [0.2, 0.25) is 0 Å². The molecule has 0 aliphatic carbocycles. The molecule has 108 valence electrons. The third kappa shape index (κ3) is 4.82. The Kier molecular flexibility index (Phi) is 6.28. The Bertz CT molecular complexity index is 407. The SMILES string of the molecule is COc1cc(C)c(C)cc1CCN(C)CC(N)CO. The molecule has 0 aromatic heterocycles. The van der Waals surface area contributed by atoms with Gasteiger partial charge in [0.15, 0.2) is 0 Å². The minimum Gasteiger partial charge on any atom is -0.496 e. The van der Waals surface area contributed by atoms with E-state index in [1.807, 2.05) is 7.05 Å². The van der Waals surface area contributed by atoms with Crippen LogP contribution in [-0.2, 0) is 6.42 Å².